The van der Waals surface area contributed by atoms with Crippen LogP contribution in [0.5, 0.6) is 0 Å². The topological polar surface area (TPSA) is 64.9 Å². The van der Waals surface area contributed by atoms with E-state index in [1.807, 2.05) is 18.2 Å². The number of benzene rings is 1. The van der Waals surface area contributed by atoms with E-state index in [4.69, 9.17) is 10.3 Å². The Bertz CT molecular complexity index is 542. The van der Waals surface area contributed by atoms with Crippen molar-refractivity contribution in [1.82, 2.24) is 10.1 Å². The molecule has 2 aromatic rings. The Hall–Kier alpha value is -1.01. The molecule has 96 valence electrons. The SMILES string of the molecule is CC(C)SCc1noc(-c2ccc(Br)c(N)c2)n1. The lowest BCUT2D eigenvalue weighted by atomic mass is 10.2. The van der Waals surface area contributed by atoms with Crippen molar-refractivity contribution in [1.29, 1.82) is 0 Å². The zero-order valence-electron chi connectivity index (χ0n) is 10.2. The highest BCUT2D eigenvalue weighted by Gasteiger charge is 2.10. The fourth-order valence-electron chi connectivity index (χ4n) is 1.35. The summed E-state index contributed by atoms with van der Waals surface area (Å²) in [5.41, 5.74) is 7.32. The minimum Gasteiger partial charge on any atom is -0.398 e. The van der Waals surface area contributed by atoms with E-state index in [2.05, 4.69) is 39.9 Å². The van der Waals surface area contributed by atoms with Crippen molar-refractivity contribution in [2.75, 3.05) is 5.73 Å². The number of rotatable bonds is 4. The number of nitrogens with zero attached hydrogens (tertiary/aromatic N) is 2. The number of anilines is 1. The van der Waals surface area contributed by atoms with Crippen LogP contribution in [-0.2, 0) is 5.75 Å². The molecule has 0 spiro atoms. The summed E-state index contributed by atoms with van der Waals surface area (Å²) >= 11 is 5.13. The second-order valence-corrected chi connectivity index (χ2v) is 6.53. The number of hydrogen-bond donors (Lipinski definition) is 1. The smallest absolute Gasteiger partial charge is 0.258 e. The summed E-state index contributed by atoms with van der Waals surface area (Å²) in [6, 6.07) is 5.59. The van der Waals surface area contributed by atoms with Crippen molar-refractivity contribution in [3.63, 3.8) is 0 Å². The van der Waals surface area contributed by atoms with Crippen molar-refractivity contribution < 1.29 is 4.52 Å². The van der Waals surface area contributed by atoms with E-state index in [1.54, 1.807) is 11.8 Å². The Labute approximate surface area is 118 Å². The summed E-state index contributed by atoms with van der Waals surface area (Å²) in [7, 11) is 0. The van der Waals surface area contributed by atoms with Gasteiger partial charge in [-0.25, -0.2) is 0 Å². The quantitative estimate of drug-likeness (QED) is 0.867. The number of nitrogens with two attached hydrogens (primary N) is 1. The van der Waals surface area contributed by atoms with Gasteiger partial charge in [-0.1, -0.05) is 19.0 Å². The second-order valence-electron chi connectivity index (χ2n) is 4.11. The molecule has 18 heavy (non-hydrogen) atoms. The van der Waals surface area contributed by atoms with Gasteiger partial charge in [0.15, 0.2) is 5.82 Å². The van der Waals surface area contributed by atoms with Gasteiger partial charge in [0.2, 0.25) is 0 Å². The Morgan fingerprint density at radius 3 is 2.89 bits per heavy atom. The highest BCUT2D eigenvalue weighted by atomic mass is 79.9. The van der Waals surface area contributed by atoms with E-state index in [-0.39, 0.29) is 0 Å². The first-order valence-corrected chi connectivity index (χ1v) is 7.40. The van der Waals surface area contributed by atoms with Crippen LogP contribution in [0.25, 0.3) is 11.5 Å². The lowest BCUT2D eigenvalue weighted by Gasteiger charge is -2.00. The third-order valence-electron chi connectivity index (χ3n) is 2.26. The van der Waals surface area contributed by atoms with Crippen LogP contribution >= 0.6 is 27.7 Å². The van der Waals surface area contributed by atoms with Gasteiger partial charge in [0.25, 0.3) is 5.89 Å². The second kappa shape index (κ2) is 5.75. The number of hydrogen-bond acceptors (Lipinski definition) is 5. The van der Waals surface area contributed by atoms with Crippen LogP contribution in [0, 0.1) is 0 Å². The molecule has 6 heteroatoms. The average molecular weight is 328 g/mol. The third-order valence-corrected chi connectivity index (χ3v) is 4.07. The van der Waals surface area contributed by atoms with E-state index in [1.165, 1.54) is 0 Å². The third kappa shape index (κ3) is 3.26. The molecular weight excluding hydrogens is 314 g/mol. The Kier molecular flexibility index (Phi) is 4.29. The summed E-state index contributed by atoms with van der Waals surface area (Å²) in [5.74, 6) is 1.98. The largest absolute Gasteiger partial charge is 0.398 e. The first kappa shape index (κ1) is 13.4. The molecule has 0 atom stereocenters. The minimum atomic E-state index is 0.508. The van der Waals surface area contributed by atoms with Gasteiger partial charge in [0, 0.05) is 15.7 Å². The van der Waals surface area contributed by atoms with Gasteiger partial charge >= 0.3 is 0 Å². The first-order chi connectivity index (χ1) is 8.56. The van der Waals surface area contributed by atoms with Crippen LogP contribution < -0.4 is 5.73 Å². The zero-order valence-corrected chi connectivity index (χ0v) is 12.6. The van der Waals surface area contributed by atoms with Gasteiger partial charge in [-0.2, -0.15) is 16.7 Å². The molecule has 1 aromatic carbocycles. The number of halogens is 1. The van der Waals surface area contributed by atoms with E-state index in [0.717, 1.165) is 15.8 Å². The van der Waals surface area contributed by atoms with Crippen molar-refractivity contribution in [2.24, 2.45) is 0 Å². The fraction of sp³-hybridized carbons (Fsp3) is 0.333. The predicted molar refractivity (Wildman–Crippen MR) is 78.3 cm³/mol. The number of thioether (sulfide) groups is 1. The van der Waals surface area contributed by atoms with Crippen molar-refractivity contribution >= 4 is 33.4 Å². The van der Waals surface area contributed by atoms with Crippen LogP contribution in [-0.4, -0.2) is 15.4 Å². The van der Waals surface area contributed by atoms with Gasteiger partial charge in [-0.3, -0.25) is 0 Å². The Morgan fingerprint density at radius 2 is 2.22 bits per heavy atom. The molecule has 0 aliphatic heterocycles. The summed E-state index contributed by atoms with van der Waals surface area (Å²) in [5, 5.41) is 4.51. The lowest BCUT2D eigenvalue weighted by Crippen LogP contribution is -1.91. The number of aromatic nitrogens is 2. The monoisotopic (exact) mass is 327 g/mol. The van der Waals surface area contributed by atoms with Gasteiger partial charge in [-0.15, -0.1) is 0 Å². The van der Waals surface area contributed by atoms with E-state index < -0.39 is 0 Å². The molecule has 4 nitrogen and oxygen atoms in total. The van der Waals surface area contributed by atoms with Crippen LogP contribution in [0.1, 0.15) is 19.7 Å². The molecule has 0 saturated heterocycles. The molecule has 0 bridgehead atoms. The summed E-state index contributed by atoms with van der Waals surface area (Å²) in [4.78, 5) is 4.35. The van der Waals surface area contributed by atoms with Crippen LogP contribution in [0.2, 0.25) is 0 Å². The van der Waals surface area contributed by atoms with E-state index in [9.17, 15) is 0 Å². The molecule has 0 unspecified atom stereocenters. The molecule has 0 aliphatic rings. The molecule has 0 radical (unpaired) electrons. The van der Waals surface area contributed by atoms with Crippen LogP contribution in [0.4, 0.5) is 5.69 Å². The van der Waals surface area contributed by atoms with Gasteiger partial charge in [0.1, 0.15) is 0 Å². The molecule has 0 saturated carbocycles. The molecule has 0 aliphatic carbocycles. The zero-order chi connectivity index (χ0) is 13.1. The average Bonchev–Trinajstić information content (AvgIpc) is 2.79. The molecule has 0 fully saturated rings. The van der Waals surface area contributed by atoms with E-state index >= 15 is 0 Å². The molecule has 1 heterocycles. The predicted octanol–water partition coefficient (Wildman–Crippen LogP) is 3.72. The Morgan fingerprint density at radius 1 is 1.44 bits per heavy atom. The number of nitrogen functional groups attached to an aromatic ring is 1. The maximum absolute atomic E-state index is 5.82. The normalized spacial score (nSPS) is 11.1. The highest BCUT2D eigenvalue weighted by molar-refractivity contribution is 9.10. The van der Waals surface area contributed by atoms with Crippen molar-refractivity contribution in [3.8, 4) is 11.5 Å². The van der Waals surface area contributed by atoms with Gasteiger partial charge in [-0.05, 0) is 39.4 Å². The molecule has 1 aromatic heterocycles. The molecule has 2 rings (SSSR count). The van der Waals surface area contributed by atoms with Crippen LogP contribution in [0.15, 0.2) is 27.2 Å². The highest BCUT2D eigenvalue weighted by Crippen LogP contribution is 2.26. The molecule has 0 amide bonds. The lowest BCUT2D eigenvalue weighted by molar-refractivity contribution is 0.425. The minimum absolute atomic E-state index is 0.508. The molecular formula is C12H14BrN3OS. The summed E-state index contributed by atoms with van der Waals surface area (Å²) in [6.45, 7) is 4.28. The van der Waals surface area contributed by atoms with E-state index in [0.29, 0.717) is 22.7 Å². The van der Waals surface area contributed by atoms with Crippen LogP contribution in [0.3, 0.4) is 0 Å². The van der Waals surface area contributed by atoms with Crippen molar-refractivity contribution in [3.05, 3.63) is 28.5 Å². The summed E-state index contributed by atoms with van der Waals surface area (Å²) in [6.07, 6.45) is 0. The maximum Gasteiger partial charge on any atom is 0.258 e. The van der Waals surface area contributed by atoms with Gasteiger partial charge < -0.3 is 10.3 Å². The standard InChI is InChI=1S/C12H14BrN3OS/c1-7(2)18-6-11-15-12(17-16-11)8-3-4-9(13)10(14)5-8/h3-5,7H,6,14H2,1-2H3. The Balaban J connectivity index is 2.16. The molecule has 2 N–H and O–H groups in total. The first-order valence-electron chi connectivity index (χ1n) is 5.56. The maximum atomic E-state index is 5.82. The fourth-order valence-corrected chi connectivity index (χ4v) is 2.19. The van der Waals surface area contributed by atoms with Gasteiger partial charge in [0.05, 0.1) is 5.75 Å². The summed E-state index contributed by atoms with van der Waals surface area (Å²) < 4.78 is 6.09. The van der Waals surface area contributed by atoms with Crippen molar-refractivity contribution in [2.45, 2.75) is 24.9 Å².